The summed E-state index contributed by atoms with van der Waals surface area (Å²) in [6.45, 7) is 0.980. The Hall–Kier alpha value is -2.31. The van der Waals surface area contributed by atoms with Crippen LogP contribution in [0.4, 0.5) is 4.39 Å². The minimum Gasteiger partial charge on any atom is -0.479 e. The van der Waals surface area contributed by atoms with E-state index in [2.05, 4.69) is 5.32 Å². The highest BCUT2D eigenvalue weighted by atomic mass is 19.1. The normalized spacial score (nSPS) is 26.8. The van der Waals surface area contributed by atoms with E-state index in [0.29, 0.717) is 13.1 Å². The second-order valence-electron chi connectivity index (χ2n) is 7.28. The molecule has 1 aromatic carbocycles. The van der Waals surface area contributed by atoms with E-state index in [1.54, 1.807) is 0 Å². The summed E-state index contributed by atoms with van der Waals surface area (Å²) >= 11 is 0. The number of unbranched alkanes of at least 4 members (excludes halogenated alkanes) is 3. The summed E-state index contributed by atoms with van der Waals surface area (Å²) in [5, 5.41) is 41.0. The van der Waals surface area contributed by atoms with Gasteiger partial charge in [-0.1, -0.05) is 25.0 Å². The zero-order valence-corrected chi connectivity index (χ0v) is 16.9. The second kappa shape index (κ2) is 11.9. The lowest BCUT2D eigenvalue weighted by atomic mass is 9.99. The van der Waals surface area contributed by atoms with Crippen molar-refractivity contribution in [3.05, 3.63) is 29.8 Å². The van der Waals surface area contributed by atoms with E-state index in [9.17, 15) is 29.3 Å². The van der Waals surface area contributed by atoms with Gasteiger partial charge in [-0.3, -0.25) is 4.79 Å². The van der Waals surface area contributed by atoms with E-state index in [4.69, 9.17) is 20.3 Å². The Bertz CT molecular complexity index is 720. The van der Waals surface area contributed by atoms with Crippen molar-refractivity contribution in [2.45, 2.75) is 62.6 Å². The van der Waals surface area contributed by atoms with Gasteiger partial charge in [0.15, 0.2) is 6.10 Å². The minimum absolute atomic E-state index is 0.0769. The Morgan fingerprint density at radius 1 is 1.06 bits per heavy atom. The molecule has 0 radical (unpaired) electrons. The molecular formula is C20H29FN2O8. The number of carbonyl (C=O) groups excluding carboxylic acids is 1. The molecule has 31 heavy (non-hydrogen) atoms. The number of alkyl halides is 1. The summed E-state index contributed by atoms with van der Waals surface area (Å²) < 4.78 is 24.7. The van der Waals surface area contributed by atoms with Crippen LogP contribution >= 0.6 is 0 Å². The summed E-state index contributed by atoms with van der Waals surface area (Å²) in [6.07, 6.45) is -7.11. The van der Waals surface area contributed by atoms with Gasteiger partial charge in [0, 0.05) is 6.54 Å². The van der Waals surface area contributed by atoms with Crippen LogP contribution in [0.15, 0.2) is 24.3 Å². The Kier molecular flexibility index (Phi) is 9.59. The predicted molar refractivity (Wildman–Crippen MR) is 106 cm³/mol. The number of nitrogens with one attached hydrogen (secondary N) is 1. The Morgan fingerprint density at radius 3 is 2.32 bits per heavy atom. The van der Waals surface area contributed by atoms with Crippen molar-refractivity contribution in [2.75, 3.05) is 13.1 Å². The van der Waals surface area contributed by atoms with Crippen molar-refractivity contribution in [1.82, 2.24) is 5.32 Å². The summed E-state index contributed by atoms with van der Waals surface area (Å²) in [5.74, 6) is -2.22. The van der Waals surface area contributed by atoms with Crippen LogP contribution in [-0.2, 0) is 14.3 Å². The number of aliphatic carboxylic acids is 1. The molecule has 2 unspecified atom stereocenters. The Labute approximate surface area is 178 Å². The molecule has 1 amide bonds. The largest absolute Gasteiger partial charge is 0.479 e. The van der Waals surface area contributed by atoms with Crippen molar-refractivity contribution in [1.29, 1.82) is 0 Å². The van der Waals surface area contributed by atoms with E-state index in [1.165, 1.54) is 24.3 Å². The van der Waals surface area contributed by atoms with Crippen molar-refractivity contribution in [3.63, 3.8) is 0 Å². The average Bonchev–Trinajstić information content (AvgIpc) is 2.76. The van der Waals surface area contributed by atoms with E-state index in [-0.39, 0.29) is 11.3 Å². The summed E-state index contributed by atoms with van der Waals surface area (Å²) in [5.41, 5.74) is 5.48. The number of ether oxygens (including phenoxy) is 2. The standard InChI is InChI=1S/C20H29FN2O8/c21-13(18(27)23-10-4-2-1-3-9-22)11-5-7-12(8-6-11)30-20-16(26)14(24)15(25)17(31-20)19(28)29/h5-8,13-17,20,24-26H,1-4,9-10,22H2,(H,23,27)(H,28,29)/t13?,14-,15-,16?,17-,20-/m0/s1. The smallest absolute Gasteiger partial charge is 0.335 e. The van der Waals surface area contributed by atoms with E-state index < -0.39 is 48.8 Å². The molecule has 0 aliphatic carbocycles. The number of rotatable bonds is 11. The highest BCUT2D eigenvalue weighted by Crippen LogP contribution is 2.26. The van der Waals surface area contributed by atoms with Crippen LogP contribution in [0.25, 0.3) is 0 Å². The minimum atomic E-state index is -1.89. The molecule has 0 saturated carbocycles. The number of carboxylic acids is 1. The van der Waals surface area contributed by atoms with Crippen molar-refractivity contribution in [3.8, 4) is 5.75 Å². The number of aliphatic hydroxyl groups is 3. The van der Waals surface area contributed by atoms with Crippen LogP contribution in [-0.4, -0.2) is 76.1 Å². The fourth-order valence-corrected chi connectivity index (χ4v) is 3.07. The zero-order valence-electron chi connectivity index (χ0n) is 16.9. The lowest BCUT2D eigenvalue weighted by molar-refractivity contribution is -0.271. The summed E-state index contributed by atoms with van der Waals surface area (Å²) in [4.78, 5) is 23.1. The molecule has 1 saturated heterocycles. The molecule has 0 aromatic heterocycles. The molecule has 7 N–H and O–H groups in total. The maximum Gasteiger partial charge on any atom is 0.335 e. The molecule has 10 nitrogen and oxygen atoms in total. The van der Waals surface area contributed by atoms with Gasteiger partial charge >= 0.3 is 5.97 Å². The van der Waals surface area contributed by atoms with Crippen LogP contribution in [0.3, 0.4) is 0 Å². The van der Waals surface area contributed by atoms with Gasteiger partial charge in [0.05, 0.1) is 0 Å². The van der Waals surface area contributed by atoms with Crippen LogP contribution in [0.2, 0.25) is 0 Å². The molecule has 1 aliphatic rings. The molecule has 0 bridgehead atoms. The number of hydrogen-bond acceptors (Lipinski definition) is 8. The topological polar surface area (TPSA) is 172 Å². The number of benzene rings is 1. The molecule has 1 fully saturated rings. The number of hydrogen-bond donors (Lipinski definition) is 6. The monoisotopic (exact) mass is 444 g/mol. The third-order valence-corrected chi connectivity index (χ3v) is 4.90. The third-order valence-electron chi connectivity index (χ3n) is 4.90. The SMILES string of the molecule is NCCCCCCNC(=O)C(F)c1ccc(O[C@H]2O[C@H](C(=O)O)[C@@H](O)[C@H](O)C2O)cc1. The Balaban J connectivity index is 1.89. The van der Waals surface area contributed by atoms with E-state index in [1.807, 2.05) is 0 Å². The number of carbonyl (C=O) groups is 2. The number of nitrogens with two attached hydrogens (primary N) is 1. The van der Waals surface area contributed by atoms with Gasteiger partial charge in [-0.15, -0.1) is 0 Å². The van der Waals surface area contributed by atoms with Gasteiger partial charge in [-0.2, -0.15) is 0 Å². The number of aliphatic hydroxyl groups excluding tert-OH is 3. The maximum absolute atomic E-state index is 14.4. The highest BCUT2D eigenvalue weighted by Gasteiger charge is 2.48. The van der Waals surface area contributed by atoms with Crippen LogP contribution in [0.1, 0.15) is 37.4 Å². The van der Waals surface area contributed by atoms with E-state index in [0.717, 1.165) is 25.7 Å². The molecule has 1 aliphatic heterocycles. The van der Waals surface area contributed by atoms with Crippen molar-refractivity contribution in [2.24, 2.45) is 5.73 Å². The van der Waals surface area contributed by atoms with Gasteiger partial charge in [0.2, 0.25) is 12.5 Å². The fourth-order valence-electron chi connectivity index (χ4n) is 3.07. The van der Waals surface area contributed by atoms with Gasteiger partial charge in [0.25, 0.3) is 5.91 Å². The summed E-state index contributed by atoms with van der Waals surface area (Å²) in [7, 11) is 0. The lowest BCUT2D eigenvalue weighted by Crippen LogP contribution is -2.61. The molecule has 174 valence electrons. The molecule has 0 spiro atoms. The van der Waals surface area contributed by atoms with Crippen molar-refractivity contribution < 1.29 is 43.9 Å². The van der Waals surface area contributed by atoms with Gasteiger partial charge in [-0.25, -0.2) is 9.18 Å². The number of carboxylic acid groups (broad SMARTS) is 1. The second-order valence-corrected chi connectivity index (χ2v) is 7.28. The first-order valence-electron chi connectivity index (χ1n) is 10.1. The first-order chi connectivity index (χ1) is 14.8. The first kappa shape index (κ1) is 25.0. The molecule has 1 heterocycles. The molecule has 6 atom stereocenters. The molecule has 1 aromatic rings. The Morgan fingerprint density at radius 2 is 1.71 bits per heavy atom. The summed E-state index contributed by atoms with van der Waals surface area (Å²) in [6, 6.07) is 5.22. The molecule has 11 heteroatoms. The predicted octanol–water partition coefficient (Wildman–Crippen LogP) is -0.396. The number of amides is 1. The lowest BCUT2D eigenvalue weighted by Gasteiger charge is -2.38. The fraction of sp³-hybridized carbons (Fsp3) is 0.600. The third kappa shape index (κ3) is 6.84. The highest BCUT2D eigenvalue weighted by molar-refractivity contribution is 5.82. The van der Waals surface area contributed by atoms with Gasteiger partial charge in [-0.05, 0) is 37.1 Å². The van der Waals surface area contributed by atoms with Crippen LogP contribution < -0.4 is 15.8 Å². The first-order valence-corrected chi connectivity index (χ1v) is 10.1. The van der Waals surface area contributed by atoms with Crippen molar-refractivity contribution >= 4 is 11.9 Å². The molecule has 2 rings (SSSR count). The van der Waals surface area contributed by atoms with Gasteiger partial charge < -0.3 is 41.0 Å². The molecular weight excluding hydrogens is 415 g/mol. The number of halogens is 1. The van der Waals surface area contributed by atoms with Crippen LogP contribution in [0.5, 0.6) is 5.75 Å². The van der Waals surface area contributed by atoms with Gasteiger partial charge in [0.1, 0.15) is 24.1 Å². The van der Waals surface area contributed by atoms with Crippen LogP contribution in [0, 0.1) is 0 Å². The maximum atomic E-state index is 14.4. The zero-order chi connectivity index (χ0) is 23.0. The quantitative estimate of drug-likeness (QED) is 0.248. The average molecular weight is 444 g/mol. The van der Waals surface area contributed by atoms with E-state index >= 15 is 0 Å².